The predicted octanol–water partition coefficient (Wildman–Crippen LogP) is 2.83. The summed E-state index contributed by atoms with van der Waals surface area (Å²) in [5.74, 6) is -2.39. The molecule has 2 N–H and O–H groups in total. The second kappa shape index (κ2) is 5.26. The predicted molar refractivity (Wildman–Crippen MR) is 58.8 cm³/mol. The number of benzene rings is 1. The number of thioether (sulfide) groups is 1. The number of thiocarbonyl (C=S) groups is 1. The third-order valence-electron chi connectivity index (χ3n) is 1.50. The van der Waals surface area contributed by atoms with Crippen molar-refractivity contribution in [3.8, 4) is 0 Å². The summed E-state index contributed by atoms with van der Waals surface area (Å²) in [4.78, 5) is 0.901. The number of hydrogen-bond acceptors (Lipinski definition) is 2. The zero-order valence-corrected chi connectivity index (χ0v) is 8.88. The van der Waals surface area contributed by atoms with E-state index >= 15 is 0 Å². The summed E-state index contributed by atoms with van der Waals surface area (Å²) in [6, 6.07) is 6.85. The Hall–Kier alpha value is -0.680. The summed E-state index contributed by atoms with van der Waals surface area (Å²) in [5.41, 5.74) is 6.22. The Labute approximate surface area is 90.7 Å². The molecule has 0 aliphatic carbocycles. The molecule has 0 aromatic heterocycles. The summed E-state index contributed by atoms with van der Waals surface area (Å²) >= 11 is 5.25. The largest absolute Gasteiger partial charge is 0.393 e. The van der Waals surface area contributed by atoms with E-state index in [1.54, 1.807) is 18.2 Å². The van der Waals surface area contributed by atoms with Crippen molar-refractivity contribution >= 4 is 29.0 Å². The van der Waals surface area contributed by atoms with Crippen molar-refractivity contribution in [3.63, 3.8) is 0 Å². The van der Waals surface area contributed by atoms with E-state index in [2.05, 4.69) is 0 Å². The maximum atomic E-state index is 12.0. The lowest BCUT2D eigenvalue weighted by atomic mass is 10.1. The molecule has 0 heterocycles. The van der Waals surface area contributed by atoms with Gasteiger partial charge in [0.2, 0.25) is 0 Å². The minimum atomic E-state index is -2.39. The van der Waals surface area contributed by atoms with E-state index < -0.39 is 5.76 Å². The van der Waals surface area contributed by atoms with E-state index in [9.17, 15) is 8.78 Å². The van der Waals surface area contributed by atoms with E-state index in [-0.39, 0.29) is 0 Å². The normalized spacial score (nSPS) is 10.5. The molecule has 1 rings (SSSR count). The number of nitrogens with two attached hydrogens (primary N) is 1. The van der Waals surface area contributed by atoms with Gasteiger partial charge in [-0.15, -0.1) is 0 Å². The zero-order valence-electron chi connectivity index (χ0n) is 7.24. The van der Waals surface area contributed by atoms with Gasteiger partial charge in [-0.3, -0.25) is 0 Å². The minimum absolute atomic E-state index is 0.365. The molecule has 1 aromatic carbocycles. The van der Waals surface area contributed by atoms with Crippen LogP contribution in [0.5, 0.6) is 0 Å². The van der Waals surface area contributed by atoms with Crippen molar-refractivity contribution < 1.29 is 8.78 Å². The highest BCUT2D eigenvalue weighted by Gasteiger charge is 2.05. The fraction of sp³-hybridized carbons (Fsp3) is 0.222. The molecule has 0 amide bonds. The summed E-state index contributed by atoms with van der Waals surface area (Å²) in [6.45, 7) is 0. The molecule has 1 nitrogen and oxygen atoms in total. The molecular formula is C9H9F2NS2. The van der Waals surface area contributed by atoms with Gasteiger partial charge < -0.3 is 5.73 Å². The van der Waals surface area contributed by atoms with Crippen LogP contribution in [0.4, 0.5) is 8.78 Å². The van der Waals surface area contributed by atoms with Crippen LogP contribution in [0.1, 0.15) is 5.56 Å². The Bertz CT molecular complexity index is 328. The van der Waals surface area contributed by atoms with Crippen LogP contribution in [-0.4, -0.2) is 10.7 Å². The first-order valence-electron chi connectivity index (χ1n) is 3.90. The van der Waals surface area contributed by atoms with E-state index in [1.807, 2.05) is 6.07 Å². The molecule has 0 saturated heterocycles. The van der Waals surface area contributed by atoms with Crippen LogP contribution in [0.2, 0.25) is 0 Å². The van der Waals surface area contributed by atoms with Gasteiger partial charge in [-0.25, -0.2) is 0 Å². The van der Waals surface area contributed by atoms with E-state index in [0.29, 0.717) is 28.1 Å². The molecule has 0 bridgehead atoms. The van der Waals surface area contributed by atoms with Crippen LogP contribution in [0.15, 0.2) is 29.2 Å². The summed E-state index contributed by atoms with van der Waals surface area (Å²) in [7, 11) is 0. The molecule has 0 aliphatic heterocycles. The van der Waals surface area contributed by atoms with Crippen molar-refractivity contribution in [2.45, 2.75) is 17.1 Å². The second-order valence-electron chi connectivity index (χ2n) is 2.67. The van der Waals surface area contributed by atoms with Crippen LogP contribution in [0.25, 0.3) is 0 Å². The molecule has 0 atom stereocenters. The topological polar surface area (TPSA) is 26.0 Å². The first kappa shape index (κ1) is 11.4. The number of hydrogen-bond donors (Lipinski definition) is 1. The van der Waals surface area contributed by atoms with Crippen LogP contribution in [-0.2, 0) is 6.42 Å². The van der Waals surface area contributed by atoms with Crippen molar-refractivity contribution in [1.82, 2.24) is 0 Å². The Kier molecular flexibility index (Phi) is 4.28. The molecule has 0 radical (unpaired) electrons. The minimum Gasteiger partial charge on any atom is -0.393 e. The van der Waals surface area contributed by atoms with Crippen molar-refractivity contribution in [2.75, 3.05) is 0 Å². The number of halogens is 2. The lowest BCUT2D eigenvalue weighted by molar-refractivity contribution is 0.252. The SMILES string of the molecule is NC(=S)Cc1cccc(SC(F)F)c1. The Morgan fingerprint density at radius 1 is 1.50 bits per heavy atom. The van der Waals surface area contributed by atoms with Gasteiger partial charge in [0.05, 0.1) is 4.99 Å². The standard InChI is InChI=1S/C9H9F2NS2/c10-9(11)14-7-3-1-2-6(4-7)5-8(12)13/h1-4,9H,5H2,(H2,12,13). The van der Waals surface area contributed by atoms with Crippen LogP contribution in [0.3, 0.4) is 0 Å². The highest BCUT2D eigenvalue weighted by molar-refractivity contribution is 7.99. The first-order valence-corrected chi connectivity index (χ1v) is 5.19. The summed E-state index contributed by atoms with van der Waals surface area (Å²) < 4.78 is 24.1. The molecule has 0 fully saturated rings. The number of rotatable bonds is 4. The molecule has 76 valence electrons. The molecule has 0 aliphatic rings. The van der Waals surface area contributed by atoms with Crippen molar-refractivity contribution in [1.29, 1.82) is 0 Å². The molecule has 14 heavy (non-hydrogen) atoms. The van der Waals surface area contributed by atoms with E-state index in [1.165, 1.54) is 0 Å². The molecule has 0 spiro atoms. The third-order valence-corrected chi connectivity index (χ3v) is 2.35. The molecule has 5 heteroatoms. The number of alkyl halides is 2. The van der Waals surface area contributed by atoms with Gasteiger partial charge in [0.25, 0.3) is 5.76 Å². The Morgan fingerprint density at radius 2 is 2.21 bits per heavy atom. The lowest BCUT2D eigenvalue weighted by Crippen LogP contribution is -2.10. The summed E-state index contributed by atoms with van der Waals surface area (Å²) in [6.07, 6.45) is 0.451. The second-order valence-corrected chi connectivity index (χ2v) is 4.26. The fourth-order valence-electron chi connectivity index (χ4n) is 1.03. The van der Waals surface area contributed by atoms with Crippen molar-refractivity contribution in [3.05, 3.63) is 29.8 Å². The van der Waals surface area contributed by atoms with Gasteiger partial charge in [0.15, 0.2) is 0 Å². The van der Waals surface area contributed by atoms with E-state index in [4.69, 9.17) is 18.0 Å². The van der Waals surface area contributed by atoms with Crippen LogP contribution in [0, 0.1) is 0 Å². The highest BCUT2D eigenvalue weighted by atomic mass is 32.2. The van der Waals surface area contributed by atoms with E-state index in [0.717, 1.165) is 5.56 Å². The average molecular weight is 233 g/mol. The van der Waals surface area contributed by atoms with Gasteiger partial charge in [-0.2, -0.15) is 8.78 Å². The third kappa shape index (κ3) is 4.02. The van der Waals surface area contributed by atoms with Gasteiger partial charge in [0.1, 0.15) is 0 Å². The van der Waals surface area contributed by atoms with Crippen LogP contribution < -0.4 is 5.73 Å². The molecule has 0 saturated carbocycles. The highest BCUT2D eigenvalue weighted by Crippen LogP contribution is 2.25. The van der Waals surface area contributed by atoms with Crippen LogP contribution >= 0.6 is 24.0 Å². The molecular weight excluding hydrogens is 224 g/mol. The zero-order chi connectivity index (χ0) is 10.6. The summed E-state index contributed by atoms with van der Waals surface area (Å²) in [5, 5.41) is 0. The van der Waals surface area contributed by atoms with Gasteiger partial charge >= 0.3 is 0 Å². The quantitative estimate of drug-likeness (QED) is 0.639. The Balaban J connectivity index is 2.73. The van der Waals surface area contributed by atoms with Crippen molar-refractivity contribution in [2.24, 2.45) is 5.73 Å². The molecule has 0 unspecified atom stereocenters. The smallest absolute Gasteiger partial charge is 0.288 e. The lowest BCUT2D eigenvalue weighted by Gasteiger charge is -2.03. The Morgan fingerprint density at radius 3 is 2.79 bits per heavy atom. The maximum absolute atomic E-state index is 12.0. The molecule has 1 aromatic rings. The first-order chi connectivity index (χ1) is 6.58. The average Bonchev–Trinajstić information content (AvgIpc) is 2.01. The van der Waals surface area contributed by atoms with Gasteiger partial charge in [0, 0.05) is 11.3 Å². The van der Waals surface area contributed by atoms with Gasteiger partial charge in [-0.1, -0.05) is 36.1 Å². The maximum Gasteiger partial charge on any atom is 0.288 e. The fourth-order valence-corrected chi connectivity index (χ4v) is 1.78. The monoisotopic (exact) mass is 233 g/mol. The van der Waals surface area contributed by atoms with Gasteiger partial charge in [-0.05, 0) is 17.7 Å².